The van der Waals surface area contributed by atoms with Gasteiger partial charge in [0.1, 0.15) is 0 Å². The Morgan fingerprint density at radius 3 is 3.06 bits per heavy atom. The van der Waals surface area contributed by atoms with Crippen LogP contribution in [-0.2, 0) is 11.3 Å². The minimum absolute atomic E-state index is 0.755. The van der Waals surface area contributed by atoms with Crippen molar-refractivity contribution in [2.45, 2.75) is 38.8 Å². The summed E-state index contributed by atoms with van der Waals surface area (Å²) in [7, 11) is 1.73. The van der Waals surface area contributed by atoms with Crippen LogP contribution in [0.4, 0.5) is 5.13 Å². The molecule has 1 fully saturated rings. The number of thiazole rings is 1. The van der Waals surface area contributed by atoms with Gasteiger partial charge >= 0.3 is 0 Å². The molecule has 0 spiro atoms. The highest BCUT2D eigenvalue weighted by atomic mass is 32.1. The van der Waals surface area contributed by atoms with Crippen molar-refractivity contribution in [1.29, 1.82) is 0 Å². The lowest BCUT2D eigenvalue weighted by molar-refractivity contribution is 0.199. The molecule has 1 aliphatic carbocycles. The molecule has 0 amide bonds. The van der Waals surface area contributed by atoms with Crippen molar-refractivity contribution in [3.8, 4) is 0 Å². The van der Waals surface area contributed by atoms with E-state index < -0.39 is 0 Å². The Hall–Kier alpha value is -0.650. The Balaban J connectivity index is 1.83. The van der Waals surface area contributed by atoms with Crippen LogP contribution in [0, 0.1) is 0 Å². The summed E-state index contributed by atoms with van der Waals surface area (Å²) in [6, 6.07) is 0.755. The van der Waals surface area contributed by atoms with Crippen molar-refractivity contribution in [2.24, 2.45) is 0 Å². The standard InChI is InChI=1S/C13H23N3OS/c1-3-7-16(11-4-5-11)13-15-10-12(18-13)9-14-6-8-17-2/h10-11,14H,3-9H2,1-2H3. The smallest absolute Gasteiger partial charge is 0.185 e. The number of hydrogen-bond acceptors (Lipinski definition) is 5. The van der Waals surface area contributed by atoms with Gasteiger partial charge in [-0.05, 0) is 19.3 Å². The molecule has 18 heavy (non-hydrogen) atoms. The van der Waals surface area contributed by atoms with E-state index in [1.807, 2.05) is 17.5 Å². The van der Waals surface area contributed by atoms with Gasteiger partial charge in [0.05, 0.1) is 6.61 Å². The predicted octanol–water partition coefficient (Wildman–Crippen LogP) is 2.26. The van der Waals surface area contributed by atoms with Gasteiger partial charge in [-0.1, -0.05) is 6.92 Å². The van der Waals surface area contributed by atoms with Crippen LogP contribution in [0.3, 0.4) is 0 Å². The second-order valence-corrected chi connectivity index (χ2v) is 5.80. The number of methoxy groups -OCH3 is 1. The van der Waals surface area contributed by atoms with E-state index in [4.69, 9.17) is 4.74 Å². The van der Waals surface area contributed by atoms with E-state index in [2.05, 4.69) is 22.1 Å². The van der Waals surface area contributed by atoms with Crippen molar-refractivity contribution in [1.82, 2.24) is 10.3 Å². The van der Waals surface area contributed by atoms with E-state index >= 15 is 0 Å². The van der Waals surface area contributed by atoms with Crippen molar-refractivity contribution in [3.05, 3.63) is 11.1 Å². The van der Waals surface area contributed by atoms with Crippen molar-refractivity contribution in [2.75, 3.05) is 31.7 Å². The zero-order valence-corrected chi connectivity index (χ0v) is 12.1. The zero-order chi connectivity index (χ0) is 12.8. The van der Waals surface area contributed by atoms with Crippen molar-refractivity contribution < 1.29 is 4.74 Å². The van der Waals surface area contributed by atoms with Crippen LogP contribution in [-0.4, -0.2) is 37.8 Å². The lowest BCUT2D eigenvalue weighted by atomic mass is 10.4. The van der Waals surface area contributed by atoms with Crippen LogP contribution in [0.5, 0.6) is 0 Å². The zero-order valence-electron chi connectivity index (χ0n) is 11.3. The Bertz CT molecular complexity index is 352. The number of nitrogens with one attached hydrogen (secondary N) is 1. The molecule has 102 valence electrons. The minimum Gasteiger partial charge on any atom is -0.383 e. The molecule has 0 atom stereocenters. The Labute approximate surface area is 113 Å². The topological polar surface area (TPSA) is 37.4 Å². The van der Waals surface area contributed by atoms with Crippen molar-refractivity contribution >= 4 is 16.5 Å². The second-order valence-electron chi connectivity index (χ2n) is 4.70. The van der Waals surface area contributed by atoms with E-state index in [1.54, 1.807) is 7.11 Å². The number of ether oxygens (including phenoxy) is 1. The van der Waals surface area contributed by atoms with Gasteiger partial charge in [-0.25, -0.2) is 4.98 Å². The fourth-order valence-electron chi connectivity index (χ4n) is 1.96. The van der Waals surface area contributed by atoms with E-state index in [-0.39, 0.29) is 0 Å². The molecular formula is C13H23N3OS. The fraction of sp³-hybridized carbons (Fsp3) is 0.769. The Morgan fingerprint density at radius 1 is 1.56 bits per heavy atom. The molecule has 0 unspecified atom stereocenters. The fourth-order valence-corrected chi connectivity index (χ4v) is 2.94. The molecule has 0 saturated heterocycles. The number of anilines is 1. The molecule has 0 aliphatic heterocycles. The maximum Gasteiger partial charge on any atom is 0.185 e. The quantitative estimate of drug-likeness (QED) is 0.698. The van der Waals surface area contributed by atoms with Crippen LogP contribution in [0.25, 0.3) is 0 Å². The van der Waals surface area contributed by atoms with Crippen molar-refractivity contribution in [3.63, 3.8) is 0 Å². The summed E-state index contributed by atoms with van der Waals surface area (Å²) < 4.78 is 5.01. The number of hydrogen-bond donors (Lipinski definition) is 1. The Morgan fingerprint density at radius 2 is 2.39 bits per heavy atom. The molecule has 1 aromatic rings. The molecule has 1 heterocycles. The van der Waals surface area contributed by atoms with Gasteiger partial charge in [0, 0.05) is 43.9 Å². The monoisotopic (exact) mass is 269 g/mol. The first-order valence-electron chi connectivity index (χ1n) is 6.76. The van der Waals surface area contributed by atoms with Gasteiger partial charge in [0.2, 0.25) is 0 Å². The van der Waals surface area contributed by atoms with Gasteiger partial charge in [0.15, 0.2) is 5.13 Å². The third-order valence-corrected chi connectivity index (χ3v) is 4.06. The van der Waals surface area contributed by atoms with E-state index in [0.717, 1.165) is 32.3 Å². The SMILES string of the molecule is CCCN(c1ncc(CNCCOC)s1)C1CC1. The third kappa shape index (κ3) is 3.93. The van der Waals surface area contributed by atoms with Crippen LogP contribution in [0.2, 0.25) is 0 Å². The first kappa shape index (κ1) is 13.8. The predicted molar refractivity (Wildman–Crippen MR) is 76.4 cm³/mol. The van der Waals surface area contributed by atoms with Gasteiger partial charge in [-0.3, -0.25) is 0 Å². The maximum atomic E-state index is 5.01. The molecule has 5 heteroatoms. The molecule has 0 bridgehead atoms. The molecule has 1 saturated carbocycles. The minimum atomic E-state index is 0.755. The molecule has 1 aromatic heterocycles. The van der Waals surface area contributed by atoms with Crippen LogP contribution >= 0.6 is 11.3 Å². The first-order valence-corrected chi connectivity index (χ1v) is 7.57. The number of nitrogens with zero attached hydrogens (tertiary/aromatic N) is 2. The third-order valence-electron chi connectivity index (χ3n) is 3.02. The average Bonchev–Trinajstić information content (AvgIpc) is 3.11. The van der Waals surface area contributed by atoms with E-state index in [1.165, 1.54) is 29.3 Å². The molecule has 0 radical (unpaired) electrons. The first-order chi connectivity index (χ1) is 8.85. The average molecular weight is 269 g/mol. The molecular weight excluding hydrogens is 246 g/mol. The highest BCUT2D eigenvalue weighted by molar-refractivity contribution is 7.15. The second kappa shape index (κ2) is 7.07. The lowest BCUT2D eigenvalue weighted by Gasteiger charge is -2.20. The van der Waals surface area contributed by atoms with Gasteiger partial charge < -0.3 is 15.0 Å². The van der Waals surface area contributed by atoms with E-state index in [9.17, 15) is 0 Å². The van der Waals surface area contributed by atoms with Gasteiger partial charge in [-0.2, -0.15) is 0 Å². The summed E-state index contributed by atoms with van der Waals surface area (Å²) >= 11 is 1.82. The molecule has 0 aromatic carbocycles. The van der Waals surface area contributed by atoms with Crippen LogP contribution in [0.15, 0.2) is 6.20 Å². The Kier molecular flexibility index (Phi) is 5.41. The lowest BCUT2D eigenvalue weighted by Crippen LogP contribution is -2.26. The summed E-state index contributed by atoms with van der Waals surface area (Å²) in [4.78, 5) is 8.35. The summed E-state index contributed by atoms with van der Waals surface area (Å²) in [5.74, 6) is 0. The largest absolute Gasteiger partial charge is 0.383 e. The van der Waals surface area contributed by atoms with Gasteiger partial charge in [-0.15, -0.1) is 11.3 Å². The number of aromatic nitrogens is 1. The summed E-state index contributed by atoms with van der Waals surface area (Å²) in [5.41, 5.74) is 0. The summed E-state index contributed by atoms with van der Waals surface area (Å²) in [5, 5.41) is 4.56. The highest BCUT2D eigenvalue weighted by Gasteiger charge is 2.30. The van der Waals surface area contributed by atoms with Gasteiger partial charge in [0.25, 0.3) is 0 Å². The van der Waals surface area contributed by atoms with Crippen LogP contribution in [0.1, 0.15) is 31.1 Å². The molecule has 2 rings (SSSR count). The maximum absolute atomic E-state index is 5.01. The summed E-state index contributed by atoms with van der Waals surface area (Å²) in [6.07, 6.45) is 5.87. The molecule has 1 aliphatic rings. The molecule has 4 nitrogen and oxygen atoms in total. The normalized spacial score (nSPS) is 15.0. The summed E-state index contributed by atoms with van der Waals surface area (Å²) in [6.45, 7) is 5.91. The molecule has 1 N–H and O–H groups in total. The van der Waals surface area contributed by atoms with Crippen LogP contribution < -0.4 is 10.2 Å². The number of rotatable bonds is 9. The highest BCUT2D eigenvalue weighted by Crippen LogP contribution is 2.34. The van der Waals surface area contributed by atoms with E-state index in [0.29, 0.717) is 0 Å².